The fourth-order valence-electron chi connectivity index (χ4n) is 2.31. The highest BCUT2D eigenvalue weighted by Gasteiger charge is 2.20. The van der Waals surface area contributed by atoms with E-state index in [1.165, 1.54) is 10.9 Å². The number of rotatable bonds is 3. The third kappa shape index (κ3) is 2.23. The van der Waals surface area contributed by atoms with Crippen molar-refractivity contribution in [1.82, 2.24) is 9.78 Å². The van der Waals surface area contributed by atoms with Crippen LogP contribution in [0.25, 0.3) is 16.9 Å². The summed E-state index contributed by atoms with van der Waals surface area (Å²) in [6, 6.07) is 18.2. The number of aromatic nitrogens is 2. The first-order valence-electron chi connectivity index (χ1n) is 6.58. The van der Waals surface area contributed by atoms with Crippen molar-refractivity contribution < 1.29 is 9.90 Å². The molecule has 0 bridgehead atoms. The average Bonchev–Trinajstić information content (AvgIpc) is 3.00. The van der Waals surface area contributed by atoms with E-state index in [4.69, 9.17) is 0 Å². The molecule has 5 nitrogen and oxygen atoms in total. The van der Waals surface area contributed by atoms with Crippen LogP contribution in [-0.2, 0) is 0 Å². The van der Waals surface area contributed by atoms with E-state index in [0.29, 0.717) is 16.9 Å². The number of para-hydroxylation sites is 1. The minimum Gasteiger partial charge on any atom is -0.478 e. The van der Waals surface area contributed by atoms with Crippen LogP contribution in [0.3, 0.4) is 0 Å². The molecule has 1 aromatic heterocycles. The van der Waals surface area contributed by atoms with E-state index in [0.717, 1.165) is 5.56 Å². The number of aromatic carboxylic acids is 1. The van der Waals surface area contributed by atoms with Crippen molar-refractivity contribution in [3.05, 3.63) is 71.9 Å². The normalized spacial score (nSPS) is 10.1. The lowest BCUT2D eigenvalue weighted by atomic mass is 10.1. The zero-order valence-corrected chi connectivity index (χ0v) is 11.5. The van der Waals surface area contributed by atoms with Crippen LogP contribution in [0.4, 0.5) is 0 Å². The monoisotopic (exact) mass is 289 g/mol. The van der Waals surface area contributed by atoms with Crippen molar-refractivity contribution >= 4 is 5.97 Å². The fourth-order valence-corrected chi connectivity index (χ4v) is 2.31. The first kappa shape index (κ1) is 13.6. The molecule has 0 spiro atoms. The molecule has 0 aliphatic carbocycles. The SMILES string of the molecule is N#Cc1ccccc1-n1ncc(C(=O)O)c1-c1ccccc1. The van der Waals surface area contributed by atoms with Crippen LogP contribution in [0.15, 0.2) is 60.8 Å². The molecule has 3 rings (SSSR count). The molecular weight excluding hydrogens is 278 g/mol. The Bertz CT molecular complexity index is 876. The molecule has 1 N–H and O–H groups in total. The van der Waals surface area contributed by atoms with Crippen LogP contribution >= 0.6 is 0 Å². The highest BCUT2D eigenvalue weighted by Crippen LogP contribution is 2.27. The van der Waals surface area contributed by atoms with E-state index in [1.54, 1.807) is 24.3 Å². The molecule has 106 valence electrons. The largest absolute Gasteiger partial charge is 0.478 e. The molecule has 22 heavy (non-hydrogen) atoms. The number of hydrogen-bond donors (Lipinski definition) is 1. The number of benzene rings is 2. The standard InChI is InChI=1S/C17H11N3O2/c18-10-13-8-4-5-9-15(13)20-16(12-6-2-1-3-7-12)14(11-19-20)17(21)22/h1-9,11H,(H,21,22). The van der Waals surface area contributed by atoms with E-state index in [1.807, 2.05) is 30.3 Å². The highest BCUT2D eigenvalue weighted by molar-refractivity contribution is 5.95. The Morgan fingerprint density at radius 2 is 1.77 bits per heavy atom. The van der Waals surface area contributed by atoms with Crippen LogP contribution in [0.1, 0.15) is 15.9 Å². The van der Waals surface area contributed by atoms with Crippen LogP contribution in [0.5, 0.6) is 0 Å². The van der Waals surface area contributed by atoms with E-state index in [2.05, 4.69) is 11.2 Å². The van der Waals surface area contributed by atoms with Crippen molar-refractivity contribution in [2.45, 2.75) is 0 Å². The number of nitriles is 1. The number of carbonyl (C=O) groups is 1. The predicted octanol–water partition coefficient (Wildman–Crippen LogP) is 3.11. The quantitative estimate of drug-likeness (QED) is 0.803. The van der Waals surface area contributed by atoms with Crippen molar-refractivity contribution in [3.8, 4) is 23.0 Å². The number of carboxylic acids is 1. The van der Waals surface area contributed by atoms with Gasteiger partial charge in [0, 0.05) is 5.56 Å². The lowest BCUT2D eigenvalue weighted by Crippen LogP contribution is -2.04. The Morgan fingerprint density at radius 3 is 2.45 bits per heavy atom. The molecular formula is C17H11N3O2. The molecule has 0 saturated carbocycles. The van der Waals surface area contributed by atoms with E-state index >= 15 is 0 Å². The van der Waals surface area contributed by atoms with Gasteiger partial charge in [-0.3, -0.25) is 0 Å². The highest BCUT2D eigenvalue weighted by atomic mass is 16.4. The third-order valence-electron chi connectivity index (χ3n) is 3.30. The van der Waals surface area contributed by atoms with Crippen molar-refractivity contribution in [2.75, 3.05) is 0 Å². The number of carboxylic acid groups (broad SMARTS) is 1. The molecule has 0 fully saturated rings. The zero-order chi connectivity index (χ0) is 15.5. The first-order chi connectivity index (χ1) is 10.7. The average molecular weight is 289 g/mol. The summed E-state index contributed by atoms with van der Waals surface area (Å²) in [5.74, 6) is -1.06. The van der Waals surface area contributed by atoms with Crippen molar-refractivity contribution in [2.24, 2.45) is 0 Å². The van der Waals surface area contributed by atoms with Crippen molar-refractivity contribution in [3.63, 3.8) is 0 Å². The molecule has 1 heterocycles. The molecule has 3 aromatic rings. The maximum atomic E-state index is 11.5. The summed E-state index contributed by atoms with van der Waals surface area (Å²) in [6.45, 7) is 0. The smallest absolute Gasteiger partial charge is 0.339 e. The van der Waals surface area contributed by atoms with Gasteiger partial charge in [0.2, 0.25) is 0 Å². The fraction of sp³-hybridized carbons (Fsp3) is 0. The molecule has 5 heteroatoms. The Balaban J connectivity index is 2.31. The van der Waals surface area contributed by atoms with E-state index in [-0.39, 0.29) is 5.56 Å². The maximum absolute atomic E-state index is 11.5. The molecule has 0 aliphatic rings. The van der Waals surface area contributed by atoms with Crippen LogP contribution in [0, 0.1) is 11.3 Å². The minimum absolute atomic E-state index is 0.0962. The van der Waals surface area contributed by atoms with Gasteiger partial charge in [-0.2, -0.15) is 10.4 Å². The van der Waals surface area contributed by atoms with Gasteiger partial charge < -0.3 is 5.11 Å². The second-order valence-corrected chi connectivity index (χ2v) is 4.62. The molecule has 0 aliphatic heterocycles. The zero-order valence-electron chi connectivity index (χ0n) is 11.5. The Morgan fingerprint density at radius 1 is 1.09 bits per heavy atom. The summed E-state index contributed by atoms with van der Waals surface area (Å²) in [6.07, 6.45) is 1.30. The Hall–Kier alpha value is -3.39. The number of nitrogens with zero attached hydrogens (tertiary/aromatic N) is 3. The summed E-state index contributed by atoms with van der Waals surface area (Å²) in [5, 5.41) is 22.8. The van der Waals surface area contributed by atoms with Crippen LogP contribution < -0.4 is 0 Å². The first-order valence-corrected chi connectivity index (χ1v) is 6.58. The summed E-state index contributed by atoms with van der Waals surface area (Å²) < 4.78 is 1.50. The molecule has 0 unspecified atom stereocenters. The maximum Gasteiger partial charge on any atom is 0.339 e. The summed E-state index contributed by atoms with van der Waals surface area (Å²) in [7, 11) is 0. The van der Waals surface area contributed by atoms with Gasteiger partial charge in [-0.05, 0) is 12.1 Å². The Labute approximate surface area is 126 Å². The Kier molecular flexibility index (Phi) is 3.42. The van der Waals surface area contributed by atoms with E-state index in [9.17, 15) is 15.2 Å². The van der Waals surface area contributed by atoms with Gasteiger partial charge >= 0.3 is 5.97 Å². The molecule has 2 aromatic carbocycles. The van der Waals surface area contributed by atoms with Crippen molar-refractivity contribution in [1.29, 1.82) is 5.26 Å². The van der Waals surface area contributed by atoms with Gasteiger partial charge in [-0.15, -0.1) is 0 Å². The summed E-state index contributed by atoms with van der Waals surface area (Å²) in [5.41, 5.74) is 2.26. The van der Waals surface area contributed by atoms with Crippen LogP contribution in [-0.4, -0.2) is 20.9 Å². The second kappa shape index (κ2) is 5.54. The second-order valence-electron chi connectivity index (χ2n) is 4.62. The van der Waals surface area contributed by atoms with Gasteiger partial charge in [-0.1, -0.05) is 42.5 Å². The van der Waals surface area contributed by atoms with Gasteiger partial charge in [0.05, 0.1) is 23.1 Å². The molecule has 0 radical (unpaired) electrons. The van der Waals surface area contributed by atoms with Crippen LogP contribution in [0.2, 0.25) is 0 Å². The minimum atomic E-state index is -1.06. The van der Waals surface area contributed by atoms with E-state index < -0.39 is 5.97 Å². The topological polar surface area (TPSA) is 78.9 Å². The van der Waals surface area contributed by atoms with Gasteiger partial charge in [0.15, 0.2) is 0 Å². The van der Waals surface area contributed by atoms with Gasteiger partial charge in [-0.25, -0.2) is 9.48 Å². The molecule has 0 saturated heterocycles. The third-order valence-corrected chi connectivity index (χ3v) is 3.30. The lowest BCUT2D eigenvalue weighted by molar-refractivity contribution is 0.0697. The predicted molar refractivity (Wildman–Crippen MR) is 80.7 cm³/mol. The number of hydrogen-bond acceptors (Lipinski definition) is 3. The van der Waals surface area contributed by atoms with Gasteiger partial charge in [0.1, 0.15) is 11.6 Å². The summed E-state index contributed by atoms with van der Waals surface area (Å²) in [4.78, 5) is 11.5. The lowest BCUT2D eigenvalue weighted by Gasteiger charge is -2.10. The molecule has 0 amide bonds. The summed E-state index contributed by atoms with van der Waals surface area (Å²) >= 11 is 0. The van der Waals surface area contributed by atoms with Gasteiger partial charge in [0.25, 0.3) is 0 Å². The molecule has 0 atom stereocenters.